The molecular weight excluding hydrogens is 507 g/mol. The number of benzene rings is 4. The minimum absolute atomic E-state index is 0.178. The highest BCUT2D eigenvalue weighted by molar-refractivity contribution is 7.95. The SMILES string of the molecule is COc1ccccc1[P+](C)(c1ccccc1OC)c1ccccc1OC.Cc1ccc(S(=O)(=O)[O-])cc1. The first kappa shape index (κ1) is 28.2. The molecule has 0 amide bonds. The fraction of sp³-hybridized carbons (Fsp3) is 0.172. The third-order valence-electron chi connectivity index (χ3n) is 6.01. The predicted molar refractivity (Wildman–Crippen MR) is 150 cm³/mol. The quantitative estimate of drug-likeness (QED) is 0.254. The summed E-state index contributed by atoms with van der Waals surface area (Å²) in [5, 5.41) is 3.49. The lowest BCUT2D eigenvalue weighted by atomic mass is 10.2. The Morgan fingerprint density at radius 1 is 0.595 bits per heavy atom. The Balaban J connectivity index is 0.000000289. The summed E-state index contributed by atoms with van der Waals surface area (Å²) in [6.07, 6.45) is 0. The second kappa shape index (κ2) is 12.2. The highest BCUT2D eigenvalue weighted by Crippen LogP contribution is 2.57. The van der Waals surface area contributed by atoms with Gasteiger partial charge in [-0.3, -0.25) is 0 Å². The van der Waals surface area contributed by atoms with Gasteiger partial charge in [0.15, 0.2) is 17.2 Å². The van der Waals surface area contributed by atoms with Gasteiger partial charge >= 0.3 is 0 Å². The molecule has 0 saturated heterocycles. The van der Waals surface area contributed by atoms with E-state index in [1.807, 2.05) is 43.3 Å². The number of para-hydroxylation sites is 3. The molecule has 0 aliphatic heterocycles. The van der Waals surface area contributed by atoms with Gasteiger partial charge < -0.3 is 18.8 Å². The summed E-state index contributed by atoms with van der Waals surface area (Å²) >= 11 is 0. The van der Waals surface area contributed by atoms with Gasteiger partial charge in [0.1, 0.15) is 33.3 Å². The van der Waals surface area contributed by atoms with Crippen molar-refractivity contribution in [3.8, 4) is 17.2 Å². The molecule has 0 spiro atoms. The number of aryl methyl sites for hydroxylation is 1. The van der Waals surface area contributed by atoms with Crippen molar-refractivity contribution < 1.29 is 27.2 Å². The largest absolute Gasteiger partial charge is 0.744 e. The number of rotatable bonds is 7. The Bertz CT molecular complexity index is 1320. The molecule has 0 aliphatic rings. The monoisotopic (exact) mass is 538 g/mol. The van der Waals surface area contributed by atoms with Gasteiger partial charge in [-0.05, 0) is 55.5 Å². The van der Waals surface area contributed by atoms with Gasteiger partial charge in [0.05, 0.1) is 32.9 Å². The molecule has 0 aromatic heterocycles. The molecule has 0 aliphatic carbocycles. The Kier molecular flexibility index (Phi) is 9.33. The Labute approximate surface area is 219 Å². The third-order valence-corrected chi connectivity index (χ3v) is 10.9. The lowest BCUT2D eigenvalue weighted by Gasteiger charge is -2.27. The summed E-state index contributed by atoms with van der Waals surface area (Å²) < 4.78 is 48.3. The fourth-order valence-corrected chi connectivity index (χ4v) is 8.31. The van der Waals surface area contributed by atoms with Gasteiger partial charge in [0.2, 0.25) is 0 Å². The number of methoxy groups -OCH3 is 3. The third kappa shape index (κ3) is 6.31. The van der Waals surface area contributed by atoms with Crippen LogP contribution in [-0.4, -0.2) is 41.0 Å². The van der Waals surface area contributed by atoms with Crippen molar-refractivity contribution >= 4 is 33.3 Å². The zero-order chi connectivity index (χ0) is 27.1. The van der Waals surface area contributed by atoms with E-state index in [-0.39, 0.29) is 4.90 Å². The zero-order valence-corrected chi connectivity index (χ0v) is 23.3. The molecule has 0 bridgehead atoms. The highest BCUT2D eigenvalue weighted by atomic mass is 32.2. The van der Waals surface area contributed by atoms with Crippen molar-refractivity contribution in [1.82, 2.24) is 0 Å². The van der Waals surface area contributed by atoms with Crippen molar-refractivity contribution in [2.24, 2.45) is 0 Å². The molecular formula is C29H31O6PS. The maximum absolute atomic E-state index is 10.4. The summed E-state index contributed by atoms with van der Waals surface area (Å²) in [5.41, 5.74) is 0.928. The lowest BCUT2D eigenvalue weighted by Crippen LogP contribution is -2.32. The van der Waals surface area contributed by atoms with Crippen LogP contribution in [0.3, 0.4) is 0 Å². The van der Waals surface area contributed by atoms with Crippen molar-refractivity contribution in [2.75, 3.05) is 28.0 Å². The maximum atomic E-state index is 10.4. The van der Waals surface area contributed by atoms with Crippen molar-refractivity contribution in [3.63, 3.8) is 0 Å². The zero-order valence-electron chi connectivity index (χ0n) is 21.5. The minimum Gasteiger partial charge on any atom is -0.744 e. The van der Waals surface area contributed by atoms with E-state index in [0.717, 1.165) is 38.7 Å². The van der Waals surface area contributed by atoms with Crippen LogP contribution in [0, 0.1) is 6.92 Å². The first-order chi connectivity index (χ1) is 17.7. The Morgan fingerprint density at radius 3 is 1.22 bits per heavy atom. The van der Waals surface area contributed by atoms with E-state index >= 15 is 0 Å². The molecule has 6 nitrogen and oxygen atoms in total. The van der Waals surface area contributed by atoms with Crippen LogP contribution in [0.5, 0.6) is 17.2 Å². The Hall–Kier alpha value is -3.38. The summed E-state index contributed by atoms with van der Waals surface area (Å²) in [6, 6.07) is 30.4. The average Bonchev–Trinajstić information content (AvgIpc) is 2.92. The minimum atomic E-state index is -4.27. The first-order valence-electron chi connectivity index (χ1n) is 11.5. The fourth-order valence-electron chi connectivity index (χ4n) is 4.09. The first-order valence-corrected chi connectivity index (χ1v) is 15.1. The second-order valence-corrected chi connectivity index (χ2v) is 13.1. The second-order valence-electron chi connectivity index (χ2n) is 8.29. The summed E-state index contributed by atoms with van der Waals surface area (Å²) in [5.74, 6) is 2.63. The molecule has 4 aromatic rings. The smallest absolute Gasteiger partial charge is 0.161 e. The molecule has 4 aromatic carbocycles. The van der Waals surface area contributed by atoms with Crippen LogP contribution in [0.2, 0.25) is 0 Å². The van der Waals surface area contributed by atoms with Gasteiger partial charge in [-0.2, -0.15) is 0 Å². The van der Waals surface area contributed by atoms with E-state index in [1.165, 1.54) is 12.1 Å². The summed E-state index contributed by atoms with van der Waals surface area (Å²) in [6.45, 7) is 4.11. The van der Waals surface area contributed by atoms with E-state index < -0.39 is 17.4 Å². The normalized spacial score (nSPS) is 11.2. The van der Waals surface area contributed by atoms with E-state index in [9.17, 15) is 13.0 Å². The molecule has 4 rings (SSSR count). The van der Waals surface area contributed by atoms with E-state index in [2.05, 4.69) is 43.1 Å². The summed E-state index contributed by atoms with van der Waals surface area (Å²) in [4.78, 5) is -0.178. The van der Waals surface area contributed by atoms with Crippen LogP contribution in [0.15, 0.2) is 102 Å². The topological polar surface area (TPSA) is 84.9 Å². The van der Waals surface area contributed by atoms with Crippen molar-refractivity contribution in [3.05, 3.63) is 103 Å². The molecule has 0 radical (unpaired) electrons. The Morgan fingerprint density at radius 2 is 0.919 bits per heavy atom. The molecule has 0 atom stereocenters. The van der Waals surface area contributed by atoms with Crippen LogP contribution < -0.4 is 30.1 Å². The van der Waals surface area contributed by atoms with Gasteiger partial charge in [-0.25, -0.2) is 8.42 Å². The highest BCUT2D eigenvalue weighted by Gasteiger charge is 2.46. The van der Waals surface area contributed by atoms with Crippen molar-refractivity contribution in [2.45, 2.75) is 11.8 Å². The van der Waals surface area contributed by atoms with Crippen LogP contribution in [-0.2, 0) is 10.1 Å². The van der Waals surface area contributed by atoms with E-state index in [0.29, 0.717) is 0 Å². The predicted octanol–water partition coefficient (Wildman–Crippen LogP) is 4.54. The molecule has 0 unspecified atom stereocenters. The number of ether oxygens (including phenoxy) is 3. The number of hydrogen-bond donors (Lipinski definition) is 0. The molecule has 194 valence electrons. The maximum Gasteiger partial charge on any atom is 0.161 e. The molecule has 0 saturated carbocycles. The summed E-state index contributed by atoms with van der Waals surface area (Å²) in [7, 11) is -1.19. The van der Waals surface area contributed by atoms with Gasteiger partial charge in [0, 0.05) is 0 Å². The van der Waals surface area contributed by atoms with Crippen LogP contribution in [0.1, 0.15) is 5.56 Å². The van der Waals surface area contributed by atoms with Crippen LogP contribution >= 0.6 is 7.26 Å². The molecule has 0 fully saturated rings. The molecule has 8 heteroatoms. The van der Waals surface area contributed by atoms with Crippen molar-refractivity contribution in [1.29, 1.82) is 0 Å². The van der Waals surface area contributed by atoms with Gasteiger partial charge in [-0.15, -0.1) is 0 Å². The average molecular weight is 539 g/mol. The molecule has 0 N–H and O–H groups in total. The van der Waals surface area contributed by atoms with Gasteiger partial charge in [-0.1, -0.05) is 54.1 Å². The molecule has 0 heterocycles. The lowest BCUT2D eigenvalue weighted by molar-refractivity contribution is 0.416. The molecule has 37 heavy (non-hydrogen) atoms. The standard InChI is InChI=1S/C22H24O3P.C7H8O3S/c1-23-17-11-5-8-14-20(17)26(4,21-15-9-6-12-18(21)24-2)22-16-10-7-13-19(22)25-3;1-6-2-4-7(5-3-6)11(8,9)10/h5-16H,1-4H3;2-5H,1H3,(H,8,9,10)/q+1;/p-1. The van der Waals surface area contributed by atoms with E-state index in [4.69, 9.17) is 14.2 Å². The van der Waals surface area contributed by atoms with Crippen LogP contribution in [0.4, 0.5) is 0 Å². The number of hydrogen-bond acceptors (Lipinski definition) is 6. The van der Waals surface area contributed by atoms with Crippen LogP contribution in [0.25, 0.3) is 0 Å². The van der Waals surface area contributed by atoms with Gasteiger partial charge in [0.25, 0.3) is 0 Å². The van der Waals surface area contributed by atoms with E-state index in [1.54, 1.807) is 33.5 Å².